The molecule has 1 heterocycles. The van der Waals surface area contributed by atoms with Crippen molar-refractivity contribution in [1.82, 2.24) is 10.2 Å². The number of nitrogens with zero attached hydrogens (tertiary/aromatic N) is 1. The van der Waals surface area contributed by atoms with E-state index in [9.17, 15) is 4.79 Å². The molecule has 2 fully saturated rings. The SMILES string of the molecule is CN1CCC(CCNC(=O)C(N)CC2CCCCC2)CC1.Cl. The van der Waals surface area contributed by atoms with Crippen LogP contribution in [-0.4, -0.2) is 43.5 Å². The second-order valence-electron chi connectivity index (χ2n) is 7.17. The number of hydrogen-bond acceptors (Lipinski definition) is 3. The highest BCUT2D eigenvalue weighted by Gasteiger charge is 2.21. The maximum Gasteiger partial charge on any atom is 0.236 e. The van der Waals surface area contributed by atoms with Gasteiger partial charge in [0.15, 0.2) is 0 Å². The largest absolute Gasteiger partial charge is 0.355 e. The summed E-state index contributed by atoms with van der Waals surface area (Å²) in [6, 6.07) is -0.300. The van der Waals surface area contributed by atoms with Crippen LogP contribution in [-0.2, 0) is 4.79 Å². The quantitative estimate of drug-likeness (QED) is 0.786. The minimum absolute atomic E-state index is 0. The number of carbonyl (C=O) groups excluding carboxylic acids is 1. The summed E-state index contributed by atoms with van der Waals surface area (Å²) in [6.45, 7) is 3.19. The first-order valence-corrected chi connectivity index (χ1v) is 8.87. The van der Waals surface area contributed by atoms with E-state index in [1.165, 1.54) is 58.0 Å². The van der Waals surface area contributed by atoms with E-state index in [0.717, 1.165) is 25.3 Å². The minimum atomic E-state index is -0.300. The molecule has 1 unspecified atom stereocenters. The first-order chi connectivity index (χ1) is 10.1. The van der Waals surface area contributed by atoms with Crippen molar-refractivity contribution in [1.29, 1.82) is 0 Å². The zero-order chi connectivity index (χ0) is 15.1. The number of carbonyl (C=O) groups is 1. The Balaban J connectivity index is 0.00000242. The predicted octanol–water partition coefficient (Wildman–Crippen LogP) is 2.55. The average molecular weight is 332 g/mol. The van der Waals surface area contributed by atoms with Crippen LogP contribution in [0.5, 0.6) is 0 Å². The predicted molar refractivity (Wildman–Crippen MR) is 94.3 cm³/mol. The van der Waals surface area contributed by atoms with Crippen LogP contribution in [0.15, 0.2) is 0 Å². The minimum Gasteiger partial charge on any atom is -0.355 e. The van der Waals surface area contributed by atoms with Gasteiger partial charge in [0.05, 0.1) is 6.04 Å². The molecule has 4 nitrogen and oxygen atoms in total. The van der Waals surface area contributed by atoms with Crippen molar-refractivity contribution in [3.63, 3.8) is 0 Å². The van der Waals surface area contributed by atoms with Crippen molar-refractivity contribution in [2.24, 2.45) is 17.6 Å². The lowest BCUT2D eigenvalue weighted by atomic mass is 9.85. The molecule has 1 saturated heterocycles. The third-order valence-corrected chi connectivity index (χ3v) is 5.34. The van der Waals surface area contributed by atoms with E-state index in [4.69, 9.17) is 5.73 Å². The summed E-state index contributed by atoms with van der Waals surface area (Å²) in [5, 5.41) is 3.05. The highest BCUT2D eigenvalue weighted by atomic mass is 35.5. The van der Waals surface area contributed by atoms with E-state index in [-0.39, 0.29) is 24.4 Å². The van der Waals surface area contributed by atoms with Crippen LogP contribution < -0.4 is 11.1 Å². The number of piperidine rings is 1. The zero-order valence-electron chi connectivity index (χ0n) is 14.1. The Kier molecular flexibility index (Phi) is 9.37. The van der Waals surface area contributed by atoms with E-state index >= 15 is 0 Å². The Morgan fingerprint density at radius 1 is 1.14 bits per heavy atom. The molecule has 2 rings (SSSR count). The first-order valence-electron chi connectivity index (χ1n) is 8.87. The molecule has 1 aliphatic heterocycles. The smallest absolute Gasteiger partial charge is 0.236 e. The molecule has 1 aliphatic carbocycles. The fourth-order valence-electron chi connectivity index (χ4n) is 3.77. The normalized spacial score (nSPS) is 22.8. The van der Waals surface area contributed by atoms with Crippen molar-refractivity contribution >= 4 is 18.3 Å². The maximum atomic E-state index is 12.1. The van der Waals surface area contributed by atoms with Gasteiger partial charge in [0.2, 0.25) is 5.91 Å². The molecule has 0 aromatic rings. The molecule has 2 aliphatic rings. The van der Waals surface area contributed by atoms with Gasteiger partial charge in [-0.1, -0.05) is 32.1 Å². The van der Waals surface area contributed by atoms with Gasteiger partial charge in [0.1, 0.15) is 0 Å². The third kappa shape index (κ3) is 6.84. The van der Waals surface area contributed by atoms with Gasteiger partial charge < -0.3 is 16.0 Å². The number of likely N-dealkylation sites (tertiary alicyclic amines) is 1. The molecule has 3 N–H and O–H groups in total. The van der Waals surface area contributed by atoms with Crippen LogP contribution >= 0.6 is 12.4 Å². The van der Waals surface area contributed by atoms with Crippen LogP contribution in [0.2, 0.25) is 0 Å². The molecular formula is C17H34ClN3O. The van der Waals surface area contributed by atoms with Gasteiger partial charge >= 0.3 is 0 Å². The first kappa shape index (κ1) is 19.7. The number of nitrogens with one attached hydrogen (secondary N) is 1. The molecule has 0 bridgehead atoms. The lowest BCUT2D eigenvalue weighted by Gasteiger charge is -2.29. The van der Waals surface area contributed by atoms with E-state index in [0.29, 0.717) is 5.92 Å². The van der Waals surface area contributed by atoms with Crippen LogP contribution in [0.1, 0.15) is 57.8 Å². The monoisotopic (exact) mass is 331 g/mol. The number of rotatable bonds is 6. The average Bonchev–Trinajstić information content (AvgIpc) is 2.50. The van der Waals surface area contributed by atoms with Gasteiger partial charge in [0.25, 0.3) is 0 Å². The molecule has 1 amide bonds. The summed E-state index contributed by atoms with van der Waals surface area (Å²) in [5.41, 5.74) is 6.07. The Morgan fingerprint density at radius 2 is 1.77 bits per heavy atom. The molecule has 5 heteroatoms. The highest BCUT2D eigenvalue weighted by molar-refractivity contribution is 5.85. The molecular weight excluding hydrogens is 298 g/mol. The standard InChI is InChI=1S/C17H33N3O.ClH/c1-20-11-8-14(9-12-20)7-10-19-17(21)16(18)13-15-5-3-2-4-6-15;/h14-16H,2-13,18H2,1H3,(H,19,21);1H. The Hall–Kier alpha value is -0.320. The van der Waals surface area contributed by atoms with Gasteiger partial charge in [-0.25, -0.2) is 0 Å². The summed E-state index contributed by atoms with van der Waals surface area (Å²) in [5.74, 6) is 1.51. The number of halogens is 1. The van der Waals surface area contributed by atoms with Crippen molar-refractivity contribution < 1.29 is 4.79 Å². The molecule has 0 radical (unpaired) electrons. The van der Waals surface area contributed by atoms with Crippen molar-refractivity contribution in [3.05, 3.63) is 0 Å². The van der Waals surface area contributed by atoms with E-state index in [1.807, 2.05) is 0 Å². The molecule has 0 aromatic heterocycles. The van der Waals surface area contributed by atoms with E-state index in [2.05, 4.69) is 17.3 Å². The molecule has 22 heavy (non-hydrogen) atoms. The summed E-state index contributed by atoms with van der Waals surface area (Å²) in [6.07, 6.45) is 11.0. The molecule has 0 aromatic carbocycles. The second kappa shape index (κ2) is 10.5. The van der Waals surface area contributed by atoms with E-state index < -0.39 is 0 Å². The summed E-state index contributed by atoms with van der Waals surface area (Å²) >= 11 is 0. The van der Waals surface area contributed by atoms with Gasteiger partial charge in [-0.05, 0) is 57.7 Å². The lowest BCUT2D eigenvalue weighted by Crippen LogP contribution is -2.43. The van der Waals surface area contributed by atoms with Crippen molar-refractivity contribution in [2.75, 3.05) is 26.7 Å². The summed E-state index contributed by atoms with van der Waals surface area (Å²) in [7, 11) is 2.18. The molecule has 0 spiro atoms. The third-order valence-electron chi connectivity index (χ3n) is 5.34. The molecule has 1 atom stereocenters. The van der Waals surface area contributed by atoms with Gasteiger partial charge in [0, 0.05) is 6.54 Å². The fourth-order valence-corrected chi connectivity index (χ4v) is 3.77. The topological polar surface area (TPSA) is 58.4 Å². The van der Waals surface area contributed by atoms with E-state index in [1.54, 1.807) is 0 Å². The molecule has 130 valence electrons. The zero-order valence-corrected chi connectivity index (χ0v) is 14.9. The Morgan fingerprint density at radius 3 is 2.41 bits per heavy atom. The van der Waals surface area contributed by atoms with Gasteiger partial charge in [-0.3, -0.25) is 4.79 Å². The van der Waals surface area contributed by atoms with Crippen LogP contribution in [0, 0.1) is 11.8 Å². The Labute approximate surface area is 142 Å². The van der Waals surface area contributed by atoms with Crippen molar-refractivity contribution in [2.45, 2.75) is 63.8 Å². The van der Waals surface area contributed by atoms with Gasteiger partial charge in [-0.15, -0.1) is 12.4 Å². The van der Waals surface area contributed by atoms with Crippen LogP contribution in [0.3, 0.4) is 0 Å². The van der Waals surface area contributed by atoms with Gasteiger partial charge in [-0.2, -0.15) is 0 Å². The Bertz CT molecular complexity index is 313. The van der Waals surface area contributed by atoms with Crippen LogP contribution in [0.4, 0.5) is 0 Å². The summed E-state index contributed by atoms with van der Waals surface area (Å²) in [4.78, 5) is 14.5. The second-order valence-corrected chi connectivity index (χ2v) is 7.17. The lowest BCUT2D eigenvalue weighted by molar-refractivity contribution is -0.122. The number of nitrogens with two attached hydrogens (primary N) is 1. The van der Waals surface area contributed by atoms with Crippen LogP contribution in [0.25, 0.3) is 0 Å². The summed E-state index contributed by atoms with van der Waals surface area (Å²) < 4.78 is 0. The molecule has 1 saturated carbocycles. The van der Waals surface area contributed by atoms with Crippen molar-refractivity contribution in [3.8, 4) is 0 Å². The fraction of sp³-hybridized carbons (Fsp3) is 0.941. The number of amides is 1. The number of hydrogen-bond donors (Lipinski definition) is 2. The maximum absolute atomic E-state index is 12.1. The highest BCUT2D eigenvalue weighted by Crippen LogP contribution is 2.27.